The van der Waals surface area contributed by atoms with Gasteiger partial charge in [-0.2, -0.15) is 0 Å². The molecule has 0 amide bonds. The average molecular weight is 381 g/mol. The largest absolute Gasteiger partial charge is 0.439 e. The van der Waals surface area contributed by atoms with Crippen LogP contribution >= 0.6 is 0 Å². The van der Waals surface area contributed by atoms with Crippen molar-refractivity contribution in [3.8, 4) is 11.6 Å². The molecular weight excluding hydrogens is 358 g/mol. The molecule has 1 unspecified atom stereocenters. The van der Waals surface area contributed by atoms with Crippen LogP contribution in [-0.4, -0.2) is 16.5 Å². The Hall–Kier alpha value is -3.50. The van der Waals surface area contributed by atoms with E-state index in [-0.39, 0.29) is 5.92 Å². The summed E-state index contributed by atoms with van der Waals surface area (Å²) in [6.07, 6.45) is 1.82. The third kappa shape index (κ3) is 5.27. The number of benzene rings is 2. The van der Waals surface area contributed by atoms with Crippen molar-refractivity contribution < 1.29 is 4.74 Å². The van der Waals surface area contributed by atoms with Gasteiger partial charge in [0.1, 0.15) is 5.75 Å². The summed E-state index contributed by atoms with van der Waals surface area (Å²) in [5, 5.41) is 3.52. The van der Waals surface area contributed by atoms with E-state index in [1.807, 2.05) is 72.9 Å². The van der Waals surface area contributed by atoms with Crippen LogP contribution in [0.2, 0.25) is 0 Å². The highest BCUT2D eigenvalue weighted by Crippen LogP contribution is 2.26. The molecule has 0 radical (unpaired) electrons. The van der Waals surface area contributed by atoms with Crippen molar-refractivity contribution in [3.63, 3.8) is 0 Å². The minimum Gasteiger partial charge on any atom is -0.439 e. The molecule has 2 aromatic heterocycles. The van der Waals surface area contributed by atoms with E-state index in [0.29, 0.717) is 12.4 Å². The minimum atomic E-state index is 0.110. The van der Waals surface area contributed by atoms with E-state index in [1.54, 1.807) is 0 Å². The molecule has 4 nitrogen and oxygen atoms in total. The quantitative estimate of drug-likeness (QED) is 0.456. The Labute approximate surface area is 171 Å². The van der Waals surface area contributed by atoms with Gasteiger partial charge in [-0.3, -0.25) is 4.98 Å². The second-order valence-corrected chi connectivity index (χ2v) is 6.73. The third-order valence-corrected chi connectivity index (χ3v) is 4.65. The van der Waals surface area contributed by atoms with Gasteiger partial charge in [0.15, 0.2) is 0 Å². The zero-order valence-corrected chi connectivity index (χ0v) is 16.1. The van der Waals surface area contributed by atoms with Gasteiger partial charge < -0.3 is 10.1 Å². The molecule has 0 aliphatic heterocycles. The molecular formula is C25H23N3O. The molecule has 0 spiro atoms. The number of para-hydroxylation sites is 1. The monoisotopic (exact) mass is 381 g/mol. The van der Waals surface area contributed by atoms with Gasteiger partial charge in [-0.25, -0.2) is 4.98 Å². The van der Waals surface area contributed by atoms with Crippen LogP contribution in [-0.2, 0) is 6.54 Å². The fourth-order valence-electron chi connectivity index (χ4n) is 3.22. The minimum absolute atomic E-state index is 0.110. The number of rotatable bonds is 8. The lowest BCUT2D eigenvalue weighted by Gasteiger charge is -2.18. The average Bonchev–Trinajstić information content (AvgIpc) is 2.79. The number of ether oxygens (including phenoxy) is 1. The highest BCUT2D eigenvalue weighted by Gasteiger charge is 2.16. The molecule has 0 saturated carbocycles. The molecule has 0 aliphatic rings. The van der Waals surface area contributed by atoms with E-state index in [9.17, 15) is 0 Å². The first-order valence-corrected chi connectivity index (χ1v) is 9.74. The lowest BCUT2D eigenvalue weighted by molar-refractivity contribution is 0.458. The van der Waals surface area contributed by atoms with Crippen molar-refractivity contribution in [3.05, 3.63) is 120 Å². The van der Waals surface area contributed by atoms with Crippen molar-refractivity contribution in [2.24, 2.45) is 0 Å². The normalized spacial score (nSPS) is 11.7. The van der Waals surface area contributed by atoms with Crippen LogP contribution < -0.4 is 10.1 Å². The third-order valence-electron chi connectivity index (χ3n) is 4.65. The van der Waals surface area contributed by atoms with Crippen molar-refractivity contribution >= 4 is 0 Å². The smallest absolute Gasteiger partial charge is 0.219 e. The number of hydrogen-bond donors (Lipinski definition) is 1. The topological polar surface area (TPSA) is 47.0 Å². The summed E-state index contributed by atoms with van der Waals surface area (Å²) in [6.45, 7) is 1.47. The van der Waals surface area contributed by atoms with Gasteiger partial charge in [-0.1, -0.05) is 60.7 Å². The maximum absolute atomic E-state index is 5.94. The van der Waals surface area contributed by atoms with Crippen molar-refractivity contribution in [1.29, 1.82) is 0 Å². The highest BCUT2D eigenvalue weighted by atomic mass is 16.5. The van der Waals surface area contributed by atoms with E-state index in [1.165, 1.54) is 5.56 Å². The molecule has 144 valence electrons. The molecule has 2 heterocycles. The second-order valence-electron chi connectivity index (χ2n) is 6.73. The first-order chi connectivity index (χ1) is 14.4. The van der Waals surface area contributed by atoms with Crippen molar-refractivity contribution in [2.45, 2.75) is 12.5 Å². The van der Waals surface area contributed by atoms with Gasteiger partial charge in [-0.15, -0.1) is 0 Å². The molecule has 0 fully saturated rings. The van der Waals surface area contributed by atoms with Crippen molar-refractivity contribution in [2.75, 3.05) is 6.54 Å². The number of nitrogens with zero attached hydrogens (tertiary/aromatic N) is 2. The summed E-state index contributed by atoms with van der Waals surface area (Å²) >= 11 is 0. The first-order valence-electron chi connectivity index (χ1n) is 9.74. The lowest BCUT2D eigenvalue weighted by Crippen LogP contribution is -2.23. The summed E-state index contributed by atoms with van der Waals surface area (Å²) in [4.78, 5) is 9.18. The number of hydrogen-bond acceptors (Lipinski definition) is 4. The fourth-order valence-corrected chi connectivity index (χ4v) is 3.22. The van der Waals surface area contributed by atoms with Gasteiger partial charge in [0.2, 0.25) is 5.88 Å². The Bertz CT molecular complexity index is 1010. The van der Waals surface area contributed by atoms with Gasteiger partial charge >= 0.3 is 0 Å². The zero-order valence-electron chi connectivity index (χ0n) is 16.1. The second kappa shape index (κ2) is 9.62. The number of aromatic nitrogens is 2. The molecule has 1 N–H and O–H groups in total. The molecule has 0 bridgehead atoms. The standard InChI is InChI=1S/C25H23N3O/c1-3-10-20(11-4-1)23(19-26-18-21-12-7-8-17-27-21)24-15-9-16-25(28-24)29-22-13-5-2-6-14-22/h1-17,23,26H,18-19H2. The maximum atomic E-state index is 5.94. The molecule has 4 aromatic rings. The Balaban J connectivity index is 1.53. The first kappa shape index (κ1) is 18.8. The predicted molar refractivity (Wildman–Crippen MR) is 115 cm³/mol. The van der Waals surface area contributed by atoms with E-state index >= 15 is 0 Å². The summed E-state index contributed by atoms with van der Waals surface area (Å²) < 4.78 is 5.94. The molecule has 1 atom stereocenters. The van der Waals surface area contributed by atoms with Crippen molar-refractivity contribution in [1.82, 2.24) is 15.3 Å². The van der Waals surface area contributed by atoms with E-state index in [0.717, 1.165) is 23.7 Å². The van der Waals surface area contributed by atoms with E-state index in [2.05, 4.69) is 40.6 Å². The van der Waals surface area contributed by atoms with E-state index in [4.69, 9.17) is 9.72 Å². The highest BCUT2D eigenvalue weighted by molar-refractivity contribution is 5.32. The van der Waals surface area contributed by atoms with Crippen LogP contribution in [0.1, 0.15) is 22.9 Å². The summed E-state index contributed by atoms with van der Waals surface area (Å²) in [5.74, 6) is 1.49. The van der Waals surface area contributed by atoms with Crippen LogP contribution in [0.4, 0.5) is 0 Å². The van der Waals surface area contributed by atoms with Crippen LogP contribution in [0, 0.1) is 0 Å². The lowest BCUT2D eigenvalue weighted by atomic mass is 9.95. The van der Waals surface area contributed by atoms with Gasteiger partial charge in [0.05, 0.1) is 11.4 Å². The summed E-state index contributed by atoms with van der Waals surface area (Å²) in [6, 6.07) is 32.1. The molecule has 0 saturated heterocycles. The maximum Gasteiger partial charge on any atom is 0.219 e. The Morgan fingerprint density at radius 1 is 0.759 bits per heavy atom. The molecule has 4 rings (SSSR count). The van der Waals surface area contributed by atoms with Crippen LogP contribution in [0.15, 0.2) is 103 Å². The number of pyridine rings is 2. The zero-order chi connectivity index (χ0) is 19.7. The Morgan fingerprint density at radius 3 is 2.28 bits per heavy atom. The van der Waals surface area contributed by atoms with E-state index < -0.39 is 0 Å². The van der Waals surface area contributed by atoms with Gasteiger partial charge in [0.25, 0.3) is 0 Å². The molecule has 2 aromatic carbocycles. The van der Waals surface area contributed by atoms with Crippen LogP contribution in [0.25, 0.3) is 0 Å². The molecule has 29 heavy (non-hydrogen) atoms. The molecule has 4 heteroatoms. The summed E-state index contributed by atoms with van der Waals surface area (Å²) in [5.41, 5.74) is 3.21. The SMILES string of the molecule is c1ccc(Oc2cccc(C(CNCc3ccccn3)c3ccccc3)n2)cc1. The fraction of sp³-hybridized carbons (Fsp3) is 0.120. The van der Waals surface area contributed by atoms with Gasteiger partial charge in [0, 0.05) is 31.3 Å². The van der Waals surface area contributed by atoms with Crippen LogP contribution in [0.5, 0.6) is 11.6 Å². The summed E-state index contributed by atoms with van der Waals surface area (Å²) in [7, 11) is 0. The van der Waals surface area contributed by atoms with Crippen LogP contribution in [0.3, 0.4) is 0 Å². The Morgan fingerprint density at radius 2 is 1.52 bits per heavy atom. The molecule has 0 aliphatic carbocycles. The predicted octanol–water partition coefficient (Wildman–Crippen LogP) is 5.19. The Kier molecular flexibility index (Phi) is 6.25. The number of nitrogens with one attached hydrogen (secondary N) is 1. The van der Waals surface area contributed by atoms with Gasteiger partial charge in [-0.05, 0) is 35.9 Å².